The number of nitrogens with zero attached hydrogens (tertiary/aromatic N) is 4. The number of nitrogens with two attached hydrogens (primary N) is 1. The number of aliphatic hydroxyl groups is 2. The molecule has 0 spiro atoms. The molecule has 2 aliphatic rings. The summed E-state index contributed by atoms with van der Waals surface area (Å²) in [5.41, 5.74) is 9.77. The normalized spacial score (nSPS) is 26.0. The van der Waals surface area contributed by atoms with E-state index in [0.29, 0.717) is 24.3 Å². The third kappa shape index (κ3) is 2.95. The van der Waals surface area contributed by atoms with Gasteiger partial charge in [-0.2, -0.15) is 0 Å². The van der Waals surface area contributed by atoms with Crippen molar-refractivity contribution in [2.45, 2.75) is 43.9 Å². The van der Waals surface area contributed by atoms with E-state index in [2.05, 4.69) is 16.0 Å². The van der Waals surface area contributed by atoms with Crippen molar-refractivity contribution >= 4 is 28.4 Å². The predicted molar refractivity (Wildman–Crippen MR) is 113 cm³/mol. The molecule has 3 heterocycles. The fourth-order valence-corrected chi connectivity index (χ4v) is 4.95. The summed E-state index contributed by atoms with van der Waals surface area (Å²) in [6, 6.07) is 7.71. The number of likely N-dealkylation sites (N-methyl/N-ethyl adjacent to an activating group) is 1. The van der Waals surface area contributed by atoms with E-state index in [9.17, 15) is 15.0 Å². The molecule has 1 aliphatic carbocycles. The van der Waals surface area contributed by atoms with Crippen LogP contribution in [0, 0.1) is 5.92 Å². The first-order valence-corrected chi connectivity index (χ1v) is 10.3. The highest BCUT2D eigenvalue weighted by molar-refractivity contribution is 6.00. The van der Waals surface area contributed by atoms with E-state index in [-0.39, 0.29) is 17.9 Å². The average molecular weight is 407 g/mol. The van der Waals surface area contributed by atoms with Crippen molar-refractivity contribution in [2.75, 3.05) is 17.7 Å². The van der Waals surface area contributed by atoms with Crippen LogP contribution in [0.4, 0.5) is 11.5 Å². The maximum Gasteiger partial charge on any atom is 0.231 e. The van der Waals surface area contributed by atoms with Crippen molar-refractivity contribution in [3.63, 3.8) is 0 Å². The molecule has 2 aromatic heterocycles. The number of carbonyl (C=O) groups is 1. The van der Waals surface area contributed by atoms with Gasteiger partial charge in [0.1, 0.15) is 23.9 Å². The van der Waals surface area contributed by atoms with Crippen LogP contribution in [0.3, 0.4) is 0 Å². The quantitative estimate of drug-likeness (QED) is 0.603. The monoisotopic (exact) mass is 407 g/mol. The number of benzene rings is 1. The minimum Gasteiger partial charge on any atom is -0.390 e. The molecule has 156 valence electrons. The van der Waals surface area contributed by atoms with Crippen LogP contribution in [-0.2, 0) is 17.6 Å². The number of hydrogen-bond acceptors (Lipinski definition) is 6. The lowest BCUT2D eigenvalue weighted by atomic mass is 9.95. The number of aliphatic hydroxyl groups excluding tert-OH is 2. The van der Waals surface area contributed by atoms with Gasteiger partial charge in [-0.05, 0) is 48.4 Å². The SMILES string of the molecule is CN1C(=O)Cc2cc(CC[C@H]3C[C@@H](n4ccc5c(N)ncnc54)[C@H](O)[C@@H]3O)ccc21. The highest BCUT2D eigenvalue weighted by Gasteiger charge is 2.42. The van der Waals surface area contributed by atoms with Gasteiger partial charge < -0.3 is 25.4 Å². The number of rotatable bonds is 4. The fraction of sp³-hybridized carbons (Fsp3) is 0.409. The summed E-state index contributed by atoms with van der Waals surface area (Å²) in [6.45, 7) is 0. The Hall–Kier alpha value is -2.97. The molecule has 1 fully saturated rings. The van der Waals surface area contributed by atoms with E-state index in [4.69, 9.17) is 5.73 Å². The lowest BCUT2D eigenvalue weighted by Crippen LogP contribution is -2.29. The first-order chi connectivity index (χ1) is 14.4. The van der Waals surface area contributed by atoms with Gasteiger partial charge in [-0.15, -0.1) is 0 Å². The summed E-state index contributed by atoms with van der Waals surface area (Å²) < 4.78 is 1.90. The molecule has 5 rings (SSSR count). The molecule has 4 N–H and O–H groups in total. The number of anilines is 2. The number of amides is 1. The molecule has 4 atom stereocenters. The molecule has 3 aromatic rings. The Labute approximate surface area is 174 Å². The molecule has 8 nitrogen and oxygen atoms in total. The Morgan fingerprint density at radius 1 is 1.20 bits per heavy atom. The van der Waals surface area contributed by atoms with Crippen molar-refractivity contribution < 1.29 is 15.0 Å². The van der Waals surface area contributed by atoms with Crippen molar-refractivity contribution in [3.8, 4) is 0 Å². The minimum absolute atomic E-state index is 0.0285. The third-order valence-electron chi connectivity index (χ3n) is 6.69. The lowest BCUT2D eigenvalue weighted by molar-refractivity contribution is -0.117. The first kappa shape index (κ1) is 19.0. The van der Waals surface area contributed by atoms with E-state index in [1.165, 1.54) is 6.33 Å². The van der Waals surface area contributed by atoms with Gasteiger partial charge in [-0.1, -0.05) is 12.1 Å². The number of fused-ring (bicyclic) bond motifs is 2. The lowest BCUT2D eigenvalue weighted by Gasteiger charge is -2.19. The van der Waals surface area contributed by atoms with Crippen LogP contribution in [-0.4, -0.2) is 49.9 Å². The van der Waals surface area contributed by atoms with Crippen LogP contribution >= 0.6 is 0 Å². The zero-order chi connectivity index (χ0) is 21.0. The van der Waals surface area contributed by atoms with Gasteiger partial charge in [0.05, 0.1) is 24.0 Å². The van der Waals surface area contributed by atoms with E-state index >= 15 is 0 Å². The smallest absolute Gasteiger partial charge is 0.231 e. The Bertz CT molecular complexity index is 1130. The molecule has 0 radical (unpaired) electrons. The summed E-state index contributed by atoms with van der Waals surface area (Å²) >= 11 is 0. The zero-order valence-electron chi connectivity index (χ0n) is 16.8. The summed E-state index contributed by atoms with van der Waals surface area (Å²) in [5, 5.41) is 22.2. The predicted octanol–water partition coefficient (Wildman–Crippen LogP) is 1.45. The van der Waals surface area contributed by atoms with Crippen LogP contribution in [0.25, 0.3) is 11.0 Å². The molecule has 8 heteroatoms. The standard InChI is InChI=1S/C22H25N5O3/c1-26-16-5-3-12(8-14(16)10-18(26)28)2-4-13-9-17(20(30)19(13)29)27-7-6-15-21(23)24-11-25-22(15)27/h3,5-8,11,13,17,19-20,29-30H,2,4,9-10H2,1H3,(H2,23,24,25)/t13-,17+,19+,20-/m0/s1. The van der Waals surface area contributed by atoms with Crippen LogP contribution in [0.1, 0.15) is 30.0 Å². The van der Waals surface area contributed by atoms with Gasteiger partial charge in [-0.25, -0.2) is 9.97 Å². The van der Waals surface area contributed by atoms with Crippen LogP contribution in [0.5, 0.6) is 0 Å². The van der Waals surface area contributed by atoms with E-state index in [1.807, 2.05) is 29.0 Å². The van der Waals surface area contributed by atoms with Crippen LogP contribution in [0.15, 0.2) is 36.8 Å². The van der Waals surface area contributed by atoms with Gasteiger partial charge in [0.2, 0.25) is 5.91 Å². The van der Waals surface area contributed by atoms with Gasteiger partial charge in [0, 0.05) is 18.9 Å². The van der Waals surface area contributed by atoms with Gasteiger partial charge in [0.15, 0.2) is 0 Å². The highest BCUT2D eigenvalue weighted by atomic mass is 16.3. The molecule has 0 bridgehead atoms. The molecule has 30 heavy (non-hydrogen) atoms. The second kappa shape index (κ2) is 7.07. The minimum atomic E-state index is -0.868. The number of nitrogen functional groups attached to an aromatic ring is 1. The maximum atomic E-state index is 11.9. The van der Waals surface area contributed by atoms with Gasteiger partial charge >= 0.3 is 0 Å². The largest absolute Gasteiger partial charge is 0.390 e. The average Bonchev–Trinajstić information content (AvgIpc) is 3.37. The molecular weight excluding hydrogens is 382 g/mol. The fourth-order valence-electron chi connectivity index (χ4n) is 4.95. The van der Waals surface area contributed by atoms with Crippen LogP contribution < -0.4 is 10.6 Å². The summed E-state index contributed by atoms with van der Waals surface area (Å²) in [5.74, 6) is 0.492. The van der Waals surface area contributed by atoms with E-state index < -0.39 is 12.2 Å². The topological polar surface area (TPSA) is 118 Å². The number of carbonyl (C=O) groups excluding carboxylic acids is 1. The van der Waals surface area contributed by atoms with E-state index in [1.54, 1.807) is 11.9 Å². The number of aromatic nitrogens is 3. The maximum absolute atomic E-state index is 11.9. The third-order valence-corrected chi connectivity index (χ3v) is 6.69. The Morgan fingerprint density at radius 3 is 2.87 bits per heavy atom. The molecule has 1 saturated carbocycles. The Balaban J connectivity index is 1.31. The molecule has 0 saturated heterocycles. The molecule has 1 aliphatic heterocycles. The Morgan fingerprint density at radius 2 is 2.03 bits per heavy atom. The van der Waals surface area contributed by atoms with Crippen molar-refractivity contribution in [1.29, 1.82) is 0 Å². The molecule has 1 amide bonds. The zero-order valence-corrected chi connectivity index (χ0v) is 16.8. The first-order valence-electron chi connectivity index (χ1n) is 10.3. The van der Waals surface area contributed by atoms with Gasteiger partial charge in [-0.3, -0.25) is 4.79 Å². The number of hydrogen-bond donors (Lipinski definition) is 3. The van der Waals surface area contributed by atoms with Gasteiger partial charge in [0.25, 0.3) is 0 Å². The van der Waals surface area contributed by atoms with Crippen LogP contribution in [0.2, 0.25) is 0 Å². The second-order valence-electron chi connectivity index (χ2n) is 8.39. The van der Waals surface area contributed by atoms with Crippen molar-refractivity contribution in [2.24, 2.45) is 5.92 Å². The van der Waals surface area contributed by atoms with E-state index in [0.717, 1.165) is 35.0 Å². The summed E-state index contributed by atoms with van der Waals surface area (Å²) in [4.78, 5) is 21.9. The second-order valence-corrected chi connectivity index (χ2v) is 8.39. The summed E-state index contributed by atoms with van der Waals surface area (Å²) in [7, 11) is 1.80. The van der Waals surface area contributed by atoms with Crippen molar-refractivity contribution in [3.05, 3.63) is 47.9 Å². The number of aryl methyl sites for hydroxylation is 1. The Kier molecular flexibility index (Phi) is 4.48. The summed E-state index contributed by atoms with van der Waals surface area (Å²) in [6.07, 6.45) is 4.25. The molecular formula is C22H25N5O3. The molecule has 1 aromatic carbocycles. The molecule has 0 unspecified atom stereocenters. The highest BCUT2D eigenvalue weighted by Crippen LogP contribution is 2.40. The van der Waals surface area contributed by atoms with Crippen molar-refractivity contribution in [1.82, 2.24) is 14.5 Å².